The molecule has 0 spiro atoms. The second-order valence-electron chi connectivity index (χ2n) is 4.35. The van der Waals surface area contributed by atoms with E-state index in [1.54, 1.807) is 20.8 Å². The van der Waals surface area contributed by atoms with Crippen LogP contribution in [0.1, 0.15) is 33.6 Å². The maximum absolute atomic E-state index is 9.91. The first-order chi connectivity index (χ1) is 6.88. The summed E-state index contributed by atoms with van der Waals surface area (Å²) in [6, 6.07) is 0. The third kappa shape index (κ3) is 9.25. The predicted molar refractivity (Wildman–Crippen MR) is 54.7 cm³/mol. The molecule has 0 saturated carbocycles. The summed E-state index contributed by atoms with van der Waals surface area (Å²) < 4.78 is 10.3. The molecule has 0 aliphatic carbocycles. The van der Waals surface area contributed by atoms with E-state index in [9.17, 15) is 9.90 Å². The van der Waals surface area contributed by atoms with Gasteiger partial charge in [-0.3, -0.25) is 0 Å². The molecule has 1 aliphatic rings. The summed E-state index contributed by atoms with van der Waals surface area (Å²) in [6.45, 7) is 10.1. The van der Waals surface area contributed by atoms with Crippen molar-refractivity contribution in [2.75, 3.05) is 13.2 Å². The second kappa shape index (κ2) is 9.09. The van der Waals surface area contributed by atoms with Gasteiger partial charge in [-0.25, -0.2) is 0 Å². The van der Waals surface area contributed by atoms with Crippen LogP contribution in [-0.4, -0.2) is 25.5 Å². The number of carbonyl (C=O) groups excluding carboxylic acids is 1. The molecule has 1 heterocycles. The van der Waals surface area contributed by atoms with Gasteiger partial charge in [-0.15, -0.1) is 0 Å². The Balaban J connectivity index is 0. The van der Waals surface area contributed by atoms with Crippen LogP contribution in [0.15, 0.2) is 0 Å². The molecular formula is C11H20O4Zn-. The molecule has 0 amide bonds. The fourth-order valence-corrected chi connectivity index (χ4v) is 0.703. The van der Waals surface area contributed by atoms with Gasteiger partial charge in [0.2, 0.25) is 0 Å². The topological polar surface area (TPSA) is 58.6 Å². The number of carboxylic acids is 1. The van der Waals surface area contributed by atoms with Crippen LogP contribution in [0.3, 0.4) is 0 Å². The standard InChI is InChI=1S/C6H11O2.C5H10O2.Zn/c1-2-6-7-4-3-5-8-6;1-5(2,3)4(6)7;/h6H,1-5H2;1-3H3,(H,6,7);/p-1. The van der Waals surface area contributed by atoms with Gasteiger partial charge in [-0.05, 0) is 19.8 Å². The Labute approximate surface area is 110 Å². The summed E-state index contributed by atoms with van der Waals surface area (Å²) in [5.74, 6) is -1.01. The van der Waals surface area contributed by atoms with E-state index in [2.05, 4.69) is 6.92 Å². The van der Waals surface area contributed by atoms with Crippen LogP contribution in [0.5, 0.6) is 0 Å². The summed E-state index contributed by atoms with van der Waals surface area (Å²) in [5.41, 5.74) is -0.694. The molecule has 91 valence electrons. The minimum atomic E-state index is -1.01. The Morgan fingerprint density at radius 1 is 1.38 bits per heavy atom. The van der Waals surface area contributed by atoms with Crippen LogP contribution < -0.4 is 5.11 Å². The molecule has 0 unspecified atom stereocenters. The van der Waals surface area contributed by atoms with Crippen molar-refractivity contribution in [2.24, 2.45) is 5.41 Å². The fourth-order valence-electron chi connectivity index (χ4n) is 0.703. The van der Waals surface area contributed by atoms with Gasteiger partial charge >= 0.3 is 0 Å². The molecule has 0 atom stereocenters. The minimum Gasteiger partial charge on any atom is -0.550 e. The molecule has 1 rings (SSSR count). The van der Waals surface area contributed by atoms with E-state index in [0.29, 0.717) is 0 Å². The zero-order chi connectivity index (χ0) is 11.9. The number of carbonyl (C=O) groups is 1. The number of carboxylic acid groups (broad SMARTS) is 1. The second-order valence-corrected chi connectivity index (χ2v) is 4.35. The summed E-state index contributed by atoms with van der Waals surface area (Å²) in [4.78, 5) is 9.91. The van der Waals surface area contributed by atoms with Gasteiger partial charge in [0.1, 0.15) is 0 Å². The largest absolute Gasteiger partial charge is 0.550 e. The molecule has 0 bridgehead atoms. The van der Waals surface area contributed by atoms with E-state index in [1.807, 2.05) is 0 Å². The molecule has 1 aliphatic heterocycles. The van der Waals surface area contributed by atoms with Crippen molar-refractivity contribution in [3.8, 4) is 0 Å². The van der Waals surface area contributed by atoms with E-state index >= 15 is 0 Å². The number of hydrogen-bond acceptors (Lipinski definition) is 4. The Kier molecular flexibility index (Phi) is 10.4. The summed E-state index contributed by atoms with van der Waals surface area (Å²) in [5, 5.41) is 9.91. The molecule has 0 aromatic carbocycles. The monoisotopic (exact) mass is 280 g/mol. The quantitative estimate of drug-likeness (QED) is 0.666. The van der Waals surface area contributed by atoms with E-state index in [-0.39, 0.29) is 25.8 Å². The van der Waals surface area contributed by atoms with Crippen molar-refractivity contribution < 1.29 is 38.9 Å². The zero-order valence-corrected chi connectivity index (χ0v) is 13.4. The van der Waals surface area contributed by atoms with Gasteiger partial charge in [0, 0.05) is 30.9 Å². The fraction of sp³-hybridized carbons (Fsp3) is 0.818. The van der Waals surface area contributed by atoms with Gasteiger partial charge in [-0.1, -0.05) is 20.8 Å². The first-order valence-corrected chi connectivity index (χ1v) is 5.12. The van der Waals surface area contributed by atoms with Gasteiger partial charge in [0.25, 0.3) is 0 Å². The molecule has 0 aromatic heterocycles. The normalized spacial score (nSPS) is 16.8. The molecule has 1 fully saturated rings. The average molecular weight is 282 g/mol. The van der Waals surface area contributed by atoms with E-state index in [0.717, 1.165) is 26.1 Å². The molecule has 5 heteroatoms. The van der Waals surface area contributed by atoms with E-state index in [1.165, 1.54) is 0 Å². The summed E-state index contributed by atoms with van der Waals surface area (Å²) >= 11 is 0. The van der Waals surface area contributed by atoms with Crippen molar-refractivity contribution in [1.29, 1.82) is 0 Å². The Morgan fingerprint density at radius 2 is 1.75 bits per heavy atom. The maximum Gasteiger partial charge on any atom is 0.157 e. The van der Waals surface area contributed by atoms with Crippen molar-refractivity contribution in [1.82, 2.24) is 0 Å². The summed E-state index contributed by atoms with van der Waals surface area (Å²) in [7, 11) is 0. The van der Waals surface area contributed by atoms with Crippen LogP contribution in [-0.2, 0) is 33.7 Å². The Bertz CT molecular complexity index is 183. The molecule has 16 heavy (non-hydrogen) atoms. The van der Waals surface area contributed by atoms with Crippen LogP contribution in [0, 0.1) is 12.3 Å². The van der Waals surface area contributed by atoms with E-state index in [4.69, 9.17) is 9.47 Å². The summed E-state index contributed by atoms with van der Waals surface area (Å²) in [6.07, 6.45) is 1.72. The van der Waals surface area contributed by atoms with E-state index < -0.39 is 11.4 Å². The van der Waals surface area contributed by atoms with Crippen molar-refractivity contribution in [2.45, 2.75) is 39.9 Å². The van der Waals surface area contributed by atoms with Gasteiger partial charge in [0.15, 0.2) is 6.29 Å². The molecule has 1 saturated heterocycles. The number of hydrogen-bond donors (Lipinski definition) is 0. The van der Waals surface area contributed by atoms with Crippen LogP contribution in [0.4, 0.5) is 0 Å². The smallest absolute Gasteiger partial charge is 0.157 e. The zero-order valence-electron chi connectivity index (χ0n) is 10.5. The van der Waals surface area contributed by atoms with Crippen molar-refractivity contribution in [3.05, 3.63) is 6.92 Å². The predicted octanol–water partition coefficient (Wildman–Crippen LogP) is 0.753. The Morgan fingerprint density at radius 3 is 1.94 bits per heavy atom. The Hall–Kier alpha value is 0.0134. The third-order valence-electron chi connectivity index (χ3n) is 1.74. The average Bonchev–Trinajstić information content (AvgIpc) is 2.18. The first-order valence-electron chi connectivity index (χ1n) is 5.12. The molecular weight excluding hydrogens is 262 g/mol. The third-order valence-corrected chi connectivity index (χ3v) is 1.74. The maximum atomic E-state index is 9.91. The van der Waals surface area contributed by atoms with Gasteiger partial charge in [-0.2, -0.15) is 0 Å². The number of aliphatic carboxylic acids is 1. The first kappa shape index (κ1) is 18.4. The van der Waals surface area contributed by atoms with Crippen molar-refractivity contribution in [3.63, 3.8) is 0 Å². The minimum absolute atomic E-state index is 0. The molecule has 0 N–H and O–H groups in total. The number of ether oxygens (including phenoxy) is 2. The van der Waals surface area contributed by atoms with Gasteiger partial charge in [0.05, 0.1) is 13.2 Å². The van der Waals surface area contributed by atoms with Crippen LogP contribution in [0.25, 0.3) is 0 Å². The molecule has 1 radical (unpaired) electrons. The van der Waals surface area contributed by atoms with Crippen LogP contribution >= 0.6 is 0 Å². The molecule has 0 aromatic rings. The van der Waals surface area contributed by atoms with Crippen molar-refractivity contribution >= 4 is 5.97 Å². The van der Waals surface area contributed by atoms with Gasteiger partial charge < -0.3 is 19.4 Å². The van der Waals surface area contributed by atoms with Crippen LogP contribution in [0.2, 0.25) is 0 Å². The number of rotatable bonds is 1. The SMILES string of the molecule is CC(C)(C)C(=O)[O-].[CH2]CC1OCCCO1.[Zn]. The molecule has 4 nitrogen and oxygen atoms in total.